The van der Waals surface area contributed by atoms with Gasteiger partial charge in [-0.05, 0) is 55.6 Å². The van der Waals surface area contributed by atoms with Crippen molar-refractivity contribution in [1.29, 1.82) is 0 Å². The number of benzene rings is 1. The second-order valence-corrected chi connectivity index (χ2v) is 7.63. The molecule has 1 amide bonds. The quantitative estimate of drug-likeness (QED) is 0.726. The van der Waals surface area contributed by atoms with E-state index in [-0.39, 0.29) is 30.0 Å². The fourth-order valence-electron chi connectivity index (χ4n) is 4.20. The summed E-state index contributed by atoms with van der Waals surface area (Å²) in [6.45, 7) is 5.66. The number of likely N-dealkylation sites (N-methyl/N-ethyl adjacent to an activating group) is 1. The van der Waals surface area contributed by atoms with Crippen molar-refractivity contribution in [3.8, 4) is 0 Å². The minimum Gasteiger partial charge on any atom is -0.394 e. The van der Waals surface area contributed by atoms with Gasteiger partial charge in [0.25, 0.3) is 5.91 Å². The smallest absolute Gasteiger partial charge is 0.267 e. The maximum Gasteiger partial charge on any atom is 0.267 e. The molecular weight excluding hydrogens is 350 g/mol. The predicted octanol–water partition coefficient (Wildman–Crippen LogP) is 3.23. The number of hydrogen-bond acceptors (Lipinski definition) is 3. The van der Waals surface area contributed by atoms with Gasteiger partial charge in [-0.1, -0.05) is 30.7 Å². The van der Waals surface area contributed by atoms with Crippen LogP contribution in [0.2, 0.25) is 5.02 Å². The van der Waals surface area contributed by atoms with Crippen LogP contribution >= 0.6 is 11.6 Å². The third kappa shape index (κ3) is 3.65. The van der Waals surface area contributed by atoms with Crippen molar-refractivity contribution in [3.05, 3.63) is 58.9 Å². The van der Waals surface area contributed by atoms with Crippen molar-refractivity contribution in [3.63, 3.8) is 0 Å². The van der Waals surface area contributed by atoms with Gasteiger partial charge in [0, 0.05) is 29.3 Å². The minimum atomic E-state index is -0.305. The lowest BCUT2D eigenvalue weighted by molar-refractivity contribution is 0.0579. The Hall–Kier alpha value is -1.82. The third-order valence-corrected chi connectivity index (χ3v) is 5.69. The van der Waals surface area contributed by atoms with Crippen LogP contribution in [0.5, 0.6) is 0 Å². The molecule has 0 spiro atoms. The number of likely N-dealkylation sites (tertiary alicyclic amines) is 1. The van der Waals surface area contributed by atoms with Gasteiger partial charge in [-0.15, -0.1) is 0 Å². The summed E-state index contributed by atoms with van der Waals surface area (Å²) in [5.74, 6) is 0.0951. The first-order valence-corrected chi connectivity index (χ1v) is 9.41. The molecule has 2 aromatic rings. The molecule has 26 heavy (non-hydrogen) atoms. The van der Waals surface area contributed by atoms with Crippen LogP contribution in [0.25, 0.3) is 0 Å². The number of carbonyl (C=O) groups excluding carboxylic acids is 1. The maximum atomic E-state index is 12.3. The van der Waals surface area contributed by atoms with Crippen LogP contribution in [0.15, 0.2) is 42.6 Å². The maximum absolute atomic E-state index is 12.3. The largest absolute Gasteiger partial charge is 0.394 e. The molecule has 1 saturated heterocycles. The molecule has 0 aliphatic carbocycles. The molecule has 0 saturated carbocycles. The Kier molecular flexibility index (Phi) is 5.70. The zero-order chi connectivity index (χ0) is 18.7. The molecule has 1 fully saturated rings. The molecule has 1 aromatic carbocycles. The summed E-state index contributed by atoms with van der Waals surface area (Å²) in [4.78, 5) is 17.6. The summed E-state index contributed by atoms with van der Waals surface area (Å²) in [5, 5.41) is 13.8. The Morgan fingerprint density at radius 1 is 1.38 bits per heavy atom. The zero-order valence-electron chi connectivity index (χ0n) is 15.2. The van der Waals surface area contributed by atoms with E-state index in [1.807, 2.05) is 30.3 Å². The second kappa shape index (κ2) is 7.82. The van der Waals surface area contributed by atoms with Gasteiger partial charge in [-0.3, -0.25) is 9.69 Å². The number of rotatable bonds is 6. The van der Waals surface area contributed by atoms with Gasteiger partial charge in [-0.2, -0.15) is 0 Å². The lowest BCUT2D eigenvalue weighted by Gasteiger charge is -2.37. The molecule has 3 atom stereocenters. The van der Waals surface area contributed by atoms with E-state index in [4.69, 9.17) is 11.6 Å². The van der Waals surface area contributed by atoms with E-state index >= 15 is 0 Å². The summed E-state index contributed by atoms with van der Waals surface area (Å²) in [7, 11) is 0. The number of aromatic amines is 1. The molecule has 5 nitrogen and oxygen atoms in total. The Labute approximate surface area is 159 Å². The van der Waals surface area contributed by atoms with E-state index in [1.54, 1.807) is 12.3 Å². The summed E-state index contributed by atoms with van der Waals surface area (Å²) in [6, 6.07) is 11.6. The van der Waals surface area contributed by atoms with E-state index in [9.17, 15) is 9.90 Å². The fraction of sp³-hybridized carbons (Fsp3) is 0.450. The monoisotopic (exact) mass is 375 g/mol. The summed E-state index contributed by atoms with van der Waals surface area (Å²) in [6.07, 6.45) is 2.55. The Balaban J connectivity index is 1.83. The number of aliphatic hydroxyl groups is 1. The number of aliphatic hydroxyl groups excluding tert-OH is 1. The van der Waals surface area contributed by atoms with Gasteiger partial charge in [0.1, 0.15) is 5.69 Å². The number of aromatic nitrogens is 1. The highest BCUT2D eigenvalue weighted by atomic mass is 35.5. The van der Waals surface area contributed by atoms with Gasteiger partial charge >= 0.3 is 0 Å². The molecule has 0 radical (unpaired) electrons. The number of amides is 1. The molecule has 3 N–H and O–H groups in total. The average Bonchev–Trinajstić information content (AvgIpc) is 3.27. The summed E-state index contributed by atoms with van der Waals surface area (Å²) < 4.78 is 0. The van der Waals surface area contributed by atoms with Crippen LogP contribution < -0.4 is 5.32 Å². The zero-order valence-corrected chi connectivity index (χ0v) is 16.0. The van der Waals surface area contributed by atoms with Crippen LogP contribution in [-0.4, -0.2) is 46.1 Å². The van der Waals surface area contributed by atoms with Crippen molar-refractivity contribution in [2.75, 3.05) is 19.7 Å². The molecule has 0 unspecified atom stereocenters. The van der Waals surface area contributed by atoms with Gasteiger partial charge in [0.05, 0.1) is 6.61 Å². The first-order valence-electron chi connectivity index (χ1n) is 9.03. The van der Waals surface area contributed by atoms with E-state index < -0.39 is 0 Å². The first-order chi connectivity index (χ1) is 12.5. The van der Waals surface area contributed by atoms with Crippen molar-refractivity contribution in [2.45, 2.75) is 31.8 Å². The van der Waals surface area contributed by atoms with E-state index in [2.05, 4.69) is 29.0 Å². The lowest BCUT2D eigenvalue weighted by atomic mass is 9.90. The van der Waals surface area contributed by atoms with Crippen LogP contribution in [0.4, 0.5) is 0 Å². The Morgan fingerprint density at radius 3 is 2.69 bits per heavy atom. The Morgan fingerprint density at radius 2 is 2.12 bits per heavy atom. The number of carbonyl (C=O) groups is 1. The minimum absolute atomic E-state index is 0.0893. The first kappa shape index (κ1) is 19.0. The standard InChI is InChI=1S/C20H26ClN3O2/c1-3-24-18(14-6-8-16(21)9-7-14)15(11-20(24,2)13-25)12-23-19(26)17-5-4-10-22-17/h4-10,15,18,22,25H,3,11-13H2,1-2H3,(H,23,26)/t15-,18+,20+/m0/s1. The number of hydrogen-bond donors (Lipinski definition) is 3. The highest BCUT2D eigenvalue weighted by Crippen LogP contribution is 2.46. The third-order valence-electron chi connectivity index (χ3n) is 5.44. The number of halogens is 1. The highest BCUT2D eigenvalue weighted by Gasteiger charge is 2.48. The van der Waals surface area contributed by atoms with Crippen LogP contribution in [0, 0.1) is 5.92 Å². The van der Waals surface area contributed by atoms with Crippen LogP contribution in [0.3, 0.4) is 0 Å². The number of nitrogens with zero attached hydrogens (tertiary/aromatic N) is 1. The highest BCUT2D eigenvalue weighted by molar-refractivity contribution is 6.30. The van der Waals surface area contributed by atoms with Crippen molar-refractivity contribution >= 4 is 17.5 Å². The second-order valence-electron chi connectivity index (χ2n) is 7.20. The molecule has 2 heterocycles. The molecular formula is C20H26ClN3O2. The van der Waals surface area contributed by atoms with E-state index in [0.717, 1.165) is 18.5 Å². The SMILES string of the molecule is CCN1[C@H](c2ccc(Cl)cc2)[C@H](CNC(=O)c2ccc[nH]2)C[C@]1(C)CO. The summed E-state index contributed by atoms with van der Waals surface area (Å²) >= 11 is 6.05. The normalized spacial score (nSPS) is 26.2. The van der Waals surface area contributed by atoms with Crippen molar-refractivity contribution in [1.82, 2.24) is 15.2 Å². The molecule has 140 valence electrons. The molecule has 1 aliphatic heterocycles. The van der Waals surface area contributed by atoms with Crippen LogP contribution in [-0.2, 0) is 0 Å². The van der Waals surface area contributed by atoms with E-state index in [0.29, 0.717) is 17.3 Å². The number of H-pyrrole nitrogens is 1. The van der Waals surface area contributed by atoms with E-state index in [1.165, 1.54) is 0 Å². The molecule has 1 aliphatic rings. The van der Waals surface area contributed by atoms with Crippen LogP contribution in [0.1, 0.15) is 42.4 Å². The molecule has 0 bridgehead atoms. The molecule has 3 rings (SSSR count). The van der Waals surface area contributed by atoms with Gasteiger partial charge < -0.3 is 15.4 Å². The van der Waals surface area contributed by atoms with Gasteiger partial charge in [0.2, 0.25) is 0 Å². The summed E-state index contributed by atoms with van der Waals surface area (Å²) in [5.41, 5.74) is 1.41. The van der Waals surface area contributed by atoms with Crippen molar-refractivity contribution in [2.24, 2.45) is 5.92 Å². The predicted molar refractivity (Wildman–Crippen MR) is 103 cm³/mol. The Bertz CT molecular complexity index is 732. The molecule has 1 aromatic heterocycles. The van der Waals surface area contributed by atoms with Crippen molar-refractivity contribution < 1.29 is 9.90 Å². The van der Waals surface area contributed by atoms with Gasteiger partial charge in [-0.25, -0.2) is 0 Å². The average molecular weight is 376 g/mol. The topological polar surface area (TPSA) is 68.4 Å². The molecule has 6 heteroatoms. The lowest BCUT2D eigenvalue weighted by Crippen LogP contribution is -2.45. The number of nitrogens with one attached hydrogen (secondary N) is 2. The van der Waals surface area contributed by atoms with Gasteiger partial charge in [0.15, 0.2) is 0 Å². The fourth-order valence-corrected chi connectivity index (χ4v) is 4.33.